The lowest BCUT2D eigenvalue weighted by molar-refractivity contribution is 0.0951. The predicted octanol–water partition coefficient (Wildman–Crippen LogP) is 4.22. The number of amides is 1. The first-order chi connectivity index (χ1) is 11.1. The molecule has 6 heteroatoms. The number of carbonyl (C=O) groups is 1. The van der Waals surface area contributed by atoms with Gasteiger partial charge in [-0.2, -0.15) is 5.10 Å². The minimum absolute atomic E-state index is 0.187. The average molecular weight is 391 g/mol. The van der Waals surface area contributed by atoms with Gasteiger partial charge < -0.3 is 5.32 Å². The molecule has 1 aromatic heterocycles. The van der Waals surface area contributed by atoms with Crippen LogP contribution in [-0.2, 0) is 6.54 Å². The van der Waals surface area contributed by atoms with Crippen LogP contribution in [-0.4, -0.2) is 15.7 Å². The van der Waals surface area contributed by atoms with Crippen LogP contribution >= 0.6 is 27.5 Å². The number of halogens is 2. The molecular formula is C17H13BrClN3O. The normalized spacial score (nSPS) is 10.5. The average Bonchev–Trinajstić information content (AvgIpc) is 3.04. The molecule has 2 aromatic carbocycles. The lowest BCUT2D eigenvalue weighted by Gasteiger charge is -2.05. The molecule has 116 valence electrons. The van der Waals surface area contributed by atoms with Crippen molar-refractivity contribution in [1.82, 2.24) is 15.1 Å². The zero-order chi connectivity index (χ0) is 16.2. The van der Waals surface area contributed by atoms with Crippen LogP contribution in [0.15, 0.2) is 65.4 Å². The number of benzene rings is 2. The Hall–Kier alpha value is -2.11. The van der Waals surface area contributed by atoms with Gasteiger partial charge in [0, 0.05) is 22.2 Å². The SMILES string of the molecule is O=C(NCc1ccccc1Cl)c1cnn(-c2ccc(Br)cc2)c1. The standard InChI is InChI=1S/C17H13BrClN3O/c18-14-5-7-15(8-6-14)22-11-13(10-21-22)17(23)20-9-12-3-1-2-4-16(12)19/h1-8,10-11H,9H2,(H,20,23). The molecule has 0 radical (unpaired) electrons. The zero-order valence-corrected chi connectivity index (χ0v) is 14.4. The van der Waals surface area contributed by atoms with E-state index in [0.717, 1.165) is 15.7 Å². The van der Waals surface area contributed by atoms with Crippen LogP contribution in [0, 0.1) is 0 Å². The zero-order valence-electron chi connectivity index (χ0n) is 12.0. The Labute approximate surface area is 147 Å². The van der Waals surface area contributed by atoms with Crippen molar-refractivity contribution in [3.05, 3.63) is 81.5 Å². The highest BCUT2D eigenvalue weighted by Crippen LogP contribution is 2.16. The van der Waals surface area contributed by atoms with Crippen molar-refractivity contribution in [2.24, 2.45) is 0 Å². The lowest BCUT2D eigenvalue weighted by atomic mass is 10.2. The Morgan fingerprint density at radius 1 is 1.17 bits per heavy atom. The minimum Gasteiger partial charge on any atom is -0.348 e. The summed E-state index contributed by atoms with van der Waals surface area (Å²) in [4.78, 5) is 12.2. The van der Waals surface area contributed by atoms with Gasteiger partial charge in [0.2, 0.25) is 0 Å². The third kappa shape index (κ3) is 3.81. The first kappa shape index (κ1) is 15.8. The molecule has 0 fully saturated rings. The molecule has 3 rings (SSSR count). The first-order valence-electron chi connectivity index (χ1n) is 6.96. The molecule has 0 unspecified atom stereocenters. The van der Waals surface area contributed by atoms with Crippen LogP contribution < -0.4 is 5.32 Å². The molecule has 0 aliphatic carbocycles. The second-order valence-corrected chi connectivity index (χ2v) is 6.25. The van der Waals surface area contributed by atoms with Gasteiger partial charge in [-0.25, -0.2) is 4.68 Å². The molecule has 1 amide bonds. The molecule has 1 heterocycles. The summed E-state index contributed by atoms with van der Waals surface area (Å²) in [5.74, 6) is -0.187. The number of nitrogens with zero attached hydrogens (tertiary/aromatic N) is 2. The van der Waals surface area contributed by atoms with Gasteiger partial charge in [0.1, 0.15) is 0 Å². The first-order valence-corrected chi connectivity index (χ1v) is 8.13. The van der Waals surface area contributed by atoms with Crippen molar-refractivity contribution >= 4 is 33.4 Å². The Morgan fingerprint density at radius 2 is 1.91 bits per heavy atom. The van der Waals surface area contributed by atoms with E-state index < -0.39 is 0 Å². The van der Waals surface area contributed by atoms with E-state index in [9.17, 15) is 4.79 Å². The molecule has 0 saturated carbocycles. The summed E-state index contributed by atoms with van der Waals surface area (Å²) in [5, 5.41) is 7.71. The van der Waals surface area contributed by atoms with Gasteiger partial charge in [-0.1, -0.05) is 45.7 Å². The molecular weight excluding hydrogens is 378 g/mol. The van der Waals surface area contributed by atoms with E-state index in [1.807, 2.05) is 42.5 Å². The van der Waals surface area contributed by atoms with E-state index in [2.05, 4.69) is 26.3 Å². The minimum atomic E-state index is -0.187. The third-order valence-electron chi connectivity index (χ3n) is 3.33. The maximum absolute atomic E-state index is 12.2. The summed E-state index contributed by atoms with van der Waals surface area (Å²) in [6.07, 6.45) is 3.25. The van der Waals surface area contributed by atoms with Gasteiger partial charge in [0.05, 0.1) is 17.4 Å². The summed E-state index contributed by atoms with van der Waals surface area (Å²) < 4.78 is 2.66. The van der Waals surface area contributed by atoms with Crippen molar-refractivity contribution < 1.29 is 4.79 Å². The molecule has 1 N–H and O–H groups in total. The molecule has 0 atom stereocenters. The van der Waals surface area contributed by atoms with Gasteiger partial charge in [-0.05, 0) is 35.9 Å². The highest BCUT2D eigenvalue weighted by molar-refractivity contribution is 9.10. The van der Waals surface area contributed by atoms with Crippen LogP contribution in [0.4, 0.5) is 0 Å². The van der Waals surface area contributed by atoms with E-state index >= 15 is 0 Å². The Bertz CT molecular complexity index is 830. The molecule has 23 heavy (non-hydrogen) atoms. The maximum atomic E-state index is 12.2. The summed E-state index contributed by atoms with van der Waals surface area (Å²) in [5.41, 5.74) is 2.26. The Morgan fingerprint density at radius 3 is 2.65 bits per heavy atom. The molecule has 0 aliphatic rings. The summed E-state index contributed by atoms with van der Waals surface area (Å²) in [7, 11) is 0. The van der Waals surface area contributed by atoms with E-state index in [-0.39, 0.29) is 5.91 Å². The monoisotopic (exact) mass is 389 g/mol. The smallest absolute Gasteiger partial charge is 0.254 e. The number of rotatable bonds is 4. The van der Waals surface area contributed by atoms with Gasteiger partial charge in [0.25, 0.3) is 5.91 Å². The fraction of sp³-hybridized carbons (Fsp3) is 0.0588. The van der Waals surface area contributed by atoms with Crippen molar-refractivity contribution in [2.45, 2.75) is 6.54 Å². The number of carbonyl (C=O) groups excluding carboxylic acids is 1. The molecule has 4 nitrogen and oxygen atoms in total. The number of hydrogen-bond acceptors (Lipinski definition) is 2. The number of nitrogens with one attached hydrogen (secondary N) is 1. The third-order valence-corrected chi connectivity index (χ3v) is 4.23. The molecule has 0 bridgehead atoms. The Balaban J connectivity index is 1.69. The Kier molecular flexibility index (Phi) is 4.79. The summed E-state index contributed by atoms with van der Waals surface area (Å²) >= 11 is 9.47. The van der Waals surface area contributed by atoms with Crippen LogP contribution in [0.1, 0.15) is 15.9 Å². The molecule has 0 aliphatic heterocycles. The van der Waals surface area contributed by atoms with Crippen LogP contribution in [0.5, 0.6) is 0 Å². The number of aromatic nitrogens is 2. The summed E-state index contributed by atoms with van der Waals surface area (Å²) in [6, 6.07) is 15.1. The topological polar surface area (TPSA) is 46.9 Å². The van der Waals surface area contributed by atoms with Gasteiger partial charge in [-0.15, -0.1) is 0 Å². The van der Waals surface area contributed by atoms with Crippen molar-refractivity contribution in [1.29, 1.82) is 0 Å². The fourth-order valence-corrected chi connectivity index (χ4v) is 2.56. The van der Waals surface area contributed by atoms with Crippen LogP contribution in [0.2, 0.25) is 5.02 Å². The van der Waals surface area contributed by atoms with Crippen molar-refractivity contribution in [3.63, 3.8) is 0 Å². The van der Waals surface area contributed by atoms with Crippen molar-refractivity contribution in [3.8, 4) is 5.69 Å². The van der Waals surface area contributed by atoms with E-state index in [0.29, 0.717) is 17.1 Å². The largest absolute Gasteiger partial charge is 0.348 e. The second-order valence-electron chi connectivity index (χ2n) is 4.92. The van der Waals surface area contributed by atoms with E-state index in [1.54, 1.807) is 23.1 Å². The van der Waals surface area contributed by atoms with E-state index in [1.165, 1.54) is 0 Å². The van der Waals surface area contributed by atoms with Crippen molar-refractivity contribution in [2.75, 3.05) is 0 Å². The summed E-state index contributed by atoms with van der Waals surface area (Å²) in [6.45, 7) is 0.377. The van der Waals surface area contributed by atoms with E-state index in [4.69, 9.17) is 11.6 Å². The molecule has 3 aromatic rings. The van der Waals surface area contributed by atoms with Gasteiger partial charge in [-0.3, -0.25) is 4.79 Å². The highest BCUT2D eigenvalue weighted by Gasteiger charge is 2.10. The predicted molar refractivity (Wildman–Crippen MR) is 93.9 cm³/mol. The fourth-order valence-electron chi connectivity index (χ4n) is 2.09. The second kappa shape index (κ2) is 6.98. The maximum Gasteiger partial charge on any atom is 0.254 e. The lowest BCUT2D eigenvalue weighted by Crippen LogP contribution is -2.22. The van der Waals surface area contributed by atoms with Crippen LogP contribution in [0.3, 0.4) is 0 Å². The highest BCUT2D eigenvalue weighted by atomic mass is 79.9. The quantitative estimate of drug-likeness (QED) is 0.725. The van der Waals surface area contributed by atoms with Crippen LogP contribution in [0.25, 0.3) is 5.69 Å². The number of hydrogen-bond donors (Lipinski definition) is 1. The van der Waals surface area contributed by atoms with Gasteiger partial charge in [0.15, 0.2) is 0 Å². The van der Waals surface area contributed by atoms with Gasteiger partial charge >= 0.3 is 0 Å². The molecule has 0 saturated heterocycles. The molecule has 0 spiro atoms.